The molecule has 10 nitrogen and oxygen atoms in total. The summed E-state index contributed by atoms with van der Waals surface area (Å²) in [6, 6.07) is 28.3. The van der Waals surface area contributed by atoms with Crippen molar-refractivity contribution >= 4 is 29.8 Å². The largest absolute Gasteiger partial charge is 0.445 e. The van der Waals surface area contributed by atoms with Gasteiger partial charge in [0.2, 0.25) is 11.8 Å². The summed E-state index contributed by atoms with van der Waals surface area (Å²) in [6.07, 6.45) is 5.55. The molecule has 280 valence electrons. The van der Waals surface area contributed by atoms with Crippen LogP contribution in [0.4, 0.5) is 4.79 Å². The van der Waals surface area contributed by atoms with E-state index in [4.69, 9.17) is 15.4 Å². The summed E-state index contributed by atoms with van der Waals surface area (Å²) in [6.45, 7) is 8.44. The number of carbonyl (C=O) groups is 4. The maximum Gasteiger partial charge on any atom is 0.407 e. The van der Waals surface area contributed by atoms with Crippen LogP contribution < -0.4 is 22.1 Å². The highest BCUT2D eigenvalue weighted by Gasteiger charge is 2.52. The van der Waals surface area contributed by atoms with Gasteiger partial charge in [0.1, 0.15) is 12.4 Å². The third kappa shape index (κ3) is 13.1. The summed E-state index contributed by atoms with van der Waals surface area (Å²) in [5.41, 5.74) is 6.02. The first-order chi connectivity index (χ1) is 25.1. The van der Waals surface area contributed by atoms with Crippen molar-refractivity contribution < 1.29 is 28.8 Å². The van der Waals surface area contributed by atoms with Crippen molar-refractivity contribution in [2.75, 3.05) is 6.54 Å². The number of allylic oxidation sites excluding steroid dienone is 1. The van der Waals surface area contributed by atoms with Crippen molar-refractivity contribution in [3.63, 3.8) is 0 Å². The van der Waals surface area contributed by atoms with Gasteiger partial charge in [0.05, 0.1) is 23.9 Å². The molecule has 0 aliphatic rings. The number of hydroxylamine groups is 1. The van der Waals surface area contributed by atoms with Crippen LogP contribution in [-0.2, 0) is 37.2 Å². The van der Waals surface area contributed by atoms with E-state index in [1.165, 1.54) is 0 Å². The van der Waals surface area contributed by atoms with E-state index in [9.17, 15) is 19.2 Å². The average molecular weight is 713 g/mol. The molecule has 0 fully saturated rings. The fourth-order valence-electron chi connectivity index (χ4n) is 6.60. The van der Waals surface area contributed by atoms with Crippen LogP contribution in [0.25, 0.3) is 6.08 Å². The minimum atomic E-state index is -1.44. The van der Waals surface area contributed by atoms with Crippen LogP contribution >= 0.6 is 0 Å². The van der Waals surface area contributed by atoms with Crippen molar-refractivity contribution in [3.8, 4) is 0 Å². The predicted molar refractivity (Wildman–Crippen MR) is 204 cm³/mol. The topological polar surface area (TPSA) is 149 Å². The molecular weight excluding hydrogens is 656 g/mol. The summed E-state index contributed by atoms with van der Waals surface area (Å²) in [5.74, 6) is 2.35. The molecule has 0 saturated carbocycles. The highest BCUT2D eigenvalue weighted by molar-refractivity contribution is 5.97. The Morgan fingerprint density at radius 2 is 1.38 bits per heavy atom. The van der Waals surface area contributed by atoms with Gasteiger partial charge in [0.25, 0.3) is 0 Å². The van der Waals surface area contributed by atoms with Gasteiger partial charge >= 0.3 is 6.09 Å². The second-order valence-corrected chi connectivity index (χ2v) is 13.6. The quantitative estimate of drug-likeness (QED) is 0.0370. The van der Waals surface area contributed by atoms with Crippen LogP contribution in [0.3, 0.4) is 0 Å². The van der Waals surface area contributed by atoms with E-state index in [1.807, 2.05) is 117 Å². The van der Waals surface area contributed by atoms with Crippen LogP contribution in [0.2, 0.25) is 0 Å². The Morgan fingerprint density at radius 1 is 0.808 bits per heavy atom. The SMILES string of the molecule is CCC(CC)CC(/C=C/c1ccccc1)(C(=O)CCCNC(=O)OCc1ccccc1)[C@@H](C(=O)NOCc1ccccc1)[C@@H](CC(C)C)C(=O)NN. The molecule has 0 aliphatic heterocycles. The van der Waals surface area contributed by atoms with Crippen LogP contribution in [0, 0.1) is 29.1 Å². The molecule has 0 radical (unpaired) electrons. The summed E-state index contributed by atoms with van der Waals surface area (Å²) < 4.78 is 5.35. The first kappa shape index (κ1) is 41.6. The summed E-state index contributed by atoms with van der Waals surface area (Å²) in [5, 5.41) is 2.74. The lowest BCUT2D eigenvalue weighted by molar-refractivity contribution is -0.154. The van der Waals surface area contributed by atoms with Crippen LogP contribution in [-0.4, -0.2) is 30.2 Å². The maximum absolute atomic E-state index is 15.0. The number of nitrogens with one attached hydrogen (secondary N) is 3. The third-order valence-electron chi connectivity index (χ3n) is 9.43. The zero-order chi connectivity index (χ0) is 37.8. The Hall–Kier alpha value is -4.80. The number of benzene rings is 3. The zero-order valence-electron chi connectivity index (χ0n) is 31.0. The molecule has 3 aromatic carbocycles. The molecule has 0 heterocycles. The fraction of sp³-hybridized carbons (Fsp3) is 0.429. The fourth-order valence-corrected chi connectivity index (χ4v) is 6.60. The average Bonchev–Trinajstić information content (AvgIpc) is 3.16. The zero-order valence-corrected chi connectivity index (χ0v) is 31.0. The first-order valence-electron chi connectivity index (χ1n) is 18.3. The monoisotopic (exact) mass is 712 g/mol. The Bertz CT molecular complexity index is 1550. The molecule has 0 aliphatic carbocycles. The lowest BCUT2D eigenvalue weighted by atomic mass is 9.59. The number of nitrogens with two attached hydrogens (primary N) is 1. The van der Waals surface area contributed by atoms with Gasteiger partial charge in [-0.05, 0) is 47.8 Å². The summed E-state index contributed by atoms with van der Waals surface area (Å²) in [7, 11) is 0. The molecule has 52 heavy (non-hydrogen) atoms. The summed E-state index contributed by atoms with van der Waals surface area (Å²) in [4.78, 5) is 61.5. The Morgan fingerprint density at radius 3 is 1.94 bits per heavy atom. The van der Waals surface area contributed by atoms with E-state index in [2.05, 4.69) is 30.1 Å². The van der Waals surface area contributed by atoms with E-state index in [0.29, 0.717) is 19.3 Å². The molecule has 3 aromatic rings. The molecular formula is C42H56N4O6. The Labute approximate surface area is 308 Å². The van der Waals surface area contributed by atoms with Gasteiger partial charge in [-0.15, -0.1) is 0 Å². The van der Waals surface area contributed by atoms with E-state index in [-0.39, 0.29) is 43.8 Å². The van der Waals surface area contributed by atoms with Crippen LogP contribution in [0.15, 0.2) is 97.1 Å². The number of ether oxygens (including phenoxy) is 1. The smallest absolute Gasteiger partial charge is 0.407 e. The van der Waals surface area contributed by atoms with Crippen LogP contribution in [0.5, 0.6) is 0 Å². The van der Waals surface area contributed by atoms with E-state index in [1.54, 1.807) is 0 Å². The van der Waals surface area contributed by atoms with E-state index < -0.39 is 35.2 Å². The number of carbonyl (C=O) groups excluding carboxylic acids is 4. The Kier molecular flexibility index (Phi) is 17.8. The number of hydrogen-bond donors (Lipinski definition) is 4. The van der Waals surface area contributed by atoms with Gasteiger partial charge in [-0.1, -0.05) is 144 Å². The van der Waals surface area contributed by atoms with Crippen molar-refractivity contribution in [1.82, 2.24) is 16.2 Å². The minimum absolute atomic E-state index is 0.00649. The minimum Gasteiger partial charge on any atom is -0.445 e. The van der Waals surface area contributed by atoms with Gasteiger partial charge in [0.15, 0.2) is 0 Å². The maximum atomic E-state index is 15.0. The predicted octanol–water partition coefficient (Wildman–Crippen LogP) is 7.30. The van der Waals surface area contributed by atoms with Gasteiger partial charge in [0, 0.05) is 13.0 Å². The lowest BCUT2D eigenvalue weighted by Gasteiger charge is -2.42. The highest BCUT2D eigenvalue weighted by Crippen LogP contribution is 2.46. The number of Topliss-reactive ketones (excluding diaryl/α,β-unsaturated/α-hetero) is 1. The second-order valence-electron chi connectivity index (χ2n) is 13.6. The molecule has 3 atom stereocenters. The number of ketones is 1. The van der Waals surface area contributed by atoms with Gasteiger partial charge < -0.3 is 10.1 Å². The van der Waals surface area contributed by atoms with Gasteiger partial charge in [-0.25, -0.2) is 16.1 Å². The van der Waals surface area contributed by atoms with Crippen molar-refractivity contribution in [1.29, 1.82) is 0 Å². The third-order valence-corrected chi connectivity index (χ3v) is 9.43. The van der Waals surface area contributed by atoms with Crippen molar-refractivity contribution in [3.05, 3.63) is 114 Å². The second kappa shape index (κ2) is 22.2. The van der Waals surface area contributed by atoms with Crippen LogP contribution in [0.1, 0.15) is 82.9 Å². The number of hydrazine groups is 1. The number of amides is 3. The molecule has 1 unspecified atom stereocenters. The van der Waals surface area contributed by atoms with Crippen molar-refractivity contribution in [2.45, 2.75) is 79.4 Å². The van der Waals surface area contributed by atoms with E-state index in [0.717, 1.165) is 29.5 Å². The first-order valence-corrected chi connectivity index (χ1v) is 18.3. The number of rotatable bonds is 22. The highest BCUT2D eigenvalue weighted by atomic mass is 16.6. The van der Waals surface area contributed by atoms with Gasteiger partial charge in [-0.3, -0.25) is 24.6 Å². The molecule has 0 bridgehead atoms. The molecule has 3 amide bonds. The molecule has 0 aromatic heterocycles. The normalized spacial score (nSPS) is 13.7. The summed E-state index contributed by atoms with van der Waals surface area (Å²) >= 11 is 0. The van der Waals surface area contributed by atoms with Crippen molar-refractivity contribution in [2.24, 2.45) is 34.9 Å². The van der Waals surface area contributed by atoms with E-state index >= 15 is 0 Å². The molecule has 10 heteroatoms. The Balaban J connectivity index is 2.03. The molecule has 0 spiro atoms. The molecule has 5 N–H and O–H groups in total. The lowest BCUT2D eigenvalue weighted by Crippen LogP contribution is -2.54. The number of hydrogen-bond acceptors (Lipinski definition) is 7. The standard InChI is InChI=1S/C42H56N4O6/c1-5-32(6-2)28-42(25-24-33-17-10-7-11-18-33,37(47)23-16-26-44-41(50)51-29-34-19-12-8-13-20-34)38(36(27-31(3)4)39(48)45-43)40(49)46-52-30-35-21-14-9-15-22-35/h7-15,17-22,24-25,31-32,36,38H,5-6,16,23,26-30,43H2,1-4H3,(H,44,50)(H,45,48)(H,46,49)/b25-24+/t36-,38-,42?/m1/s1. The molecule has 3 rings (SSSR count). The van der Waals surface area contributed by atoms with Gasteiger partial charge in [-0.2, -0.15) is 0 Å². The number of alkyl carbamates (subject to hydrolysis) is 1. The molecule has 0 saturated heterocycles.